The Morgan fingerprint density at radius 3 is 2.60 bits per heavy atom. The fourth-order valence-electron chi connectivity index (χ4n) is 0.902. The van der Waals surface area contributed by atoms with Gasteiger partial charge in [-0.1, -0.05) is 6.92 Å². The van der Waals surface area contributed by atoms with Crippen LogP contribution in [0.1, 0.15) is 26.2 Å². The Labute approximate surface area is 88.1 Å². The third-order valence-electron chi connectivity index (χ3n) is 1.90. The molecule has 0 aromatic heterocycles. The highest BCUT2D eigenvalue weighted by Gasteiger charge is 2.14. The van der Waals surface area contributed by atoms with E-state index in [2.05, 4.69) is 5.32 Å². The Balaban J connectivity index is 3.85. The van der Waals surface area contributed by atoms with Crippen molar-refractivity contribution in [2.75, 3.05) is 0 Å². The molecule has 0 aliphatic heterocycles. The van der Waals surface area contributed by atoms with Gasteiger partial charge in [0, 0.05) is 6.42 Å². The average molecular weight is 213 g/mol. The second-order valence-electron chi connectivity index (χ2n) is 3.14. The number of nitrogens with one attached hydrogen (secondary N) is 1. The Morgan fingerprint density at radius 2 is 2.20 bits per heavy atom. The van der Waals surface area contributed by atoms with E-state index in [1.165, 1.54) is 0 Å². The van der Waals surface area contributed by atoms with Crippen LogP contribution in [0.4, 0.5) is 0 Å². The van der Waals surface area contributed by atoms with Gasteiger partial charge in [-0.15, -0.1) is 0 Å². The Kier molecular flexibility index (Phi) is 6.06. The quantitative estimate of drug-likeness (QED) is 0.555. The van der Waals surface area contributed by atoms with E-state index < -0.39 is 18.1 Å². The van der Waals surface area contributed by atoms with E-state index in [0.29, 0.717) is 6.42 Å². The van der Waals surface area contributed by atoms with Crippen molar-refractivity contribution in [3.63, 3.8) is 0 Å². The predicted molar refractivity (Wildman–Crippen MR) is 52.7 cm³/mol. The van der Waals surface area contributed by atoms with Crippen LogP contribution in [0, 0.1) is 11.3 Å². The van der Waals surface area contributed by atoms with Gasteiger partial charge in [0.2, 0.25) is 5.91 Å². The molecular formula is C9H15N3O3. The lowest BCUT2D eigenvalue weighted by Gasteiger charge is -2.10. The first-order valence-electron chi connectivity index (χ1n) is 4.68. The average Bonchev–Trinajstić information content (AvgIpc) is 2.22. The van der Waals surface area contributed by atoms with Crippen LogP contribution in [0.15, 0.2) is 0 Å². The summed E-state index contributed by atoms with van der Waals surface area (Å²) in [5.41, 5.74) is 5.22. The van der Waals surface area contributed by atoms with Crippen LogP contribution in [-0.2, 0) is 9.59 Å². The van der Waals surface area contributed by atoms with Crippen LogP contribution in [-0.4, -0.2) is 29.1 Å². The molecule has 0 aliphatic rings. The van der Waals surface area contributed by atoms with Crippen molar-refractivity contribution in [2.45, 2.75) is 38.3 Å². The van der Waals surface area contributed by atoms with Crippen molar-refractivity contribution in [1.29, 1.82) is 5.26 Å². The van der Waals surface area contributed by atoms with E-state index in [-0.39, 0.29) is 18.7 Å². The van der Waals surface area contributed by atoms with Crippen molar-refractivity contribution in [3.05, 3.63) is 0 Å². The topological polar surface area (TPSA) is 116 Å². The van der Waals surface area contributed by atoms with Gasteiger partial charge in [0.1, 0.15) is 12.1 Å². The van der Waals surface area contributed by atoms with Crippen molar-refractivity contribution in [3.8, 4) is 6.07 Å². The number of hydrogen-bond acceptors (Lipinski definition) is 4. The van der Waals surface area contributed by atoms with Crippen LogP contribution in [0.2, 0.25) is 0 Å². The zero-order valence-corrected chi connectivity index (χ0v) is 8.56. The lowest BCUT2D eigenvalue weighted by Crippen LogP contribution is -2.36. The molecule has 15 heavy (non-hydrogen) atoms. The lowest BCUT2D eigenvalue weighted by molar-refractivity contribution is -0.138. The molecule has 6 heteroatoms. The monoisotopic (exact) mass is 213 g/mol. The number of nitrogens with two attached hydrogens (primary N) is 1. The van der Waals surface area contributed by atoms with Crippen molar-refractivity contribution in [2.24, 2.45) is 5.73 Å². The fraction of sp³-hybridized carbons (Fsp3) is 0.667. The second-order valence-corrected chi connectivity index (χ2v) is 3.14. The molecule has 0 bridgehead atoms. The first-order chi connectivity index (χ1) is 7.01. The van der Waals surface area contributed by atoms with E-state index in [4.69, 9.17) is 16.1 Å². The van der Waals surface area contributed by atoms with Crippen molar-refractivity contribution < 1.29 is 14.7 Å². The number of carboxylic acid groups (broad SMARTS) is 1. The highest BCUT2D eigenvalue weighted by molar-refractivity contribution is 5.78. The standard InChI is InChI=1S/C9H15N3O3/c1-2-6(5-10)12-8(13)4-3-7(11)9(14)15/h6-7H,2-4,11H2,1H3,(H,12,13)(H,14,15). The zero-order chi connectivity index (χ0) is 11.8. The molecule has 0 saturated carbocycles. The molecule has 0 aromatic carbocycles. The second kappa shape index (κ2) is 6.79. The van der Waals surface area contributed by atoms with E-state index in [1.54, 1.807) is 6.92 Å². The molecule has 0 rings (SSSR count). The molecule has 0 aliphatic carbocycles. The lowest BCUT2D eigenvalue weighted by atomic mass is 10.1. The van der Waals surface area contributed by atoms with E-state index in [9.17, 15) is 9.59 Å². The molecule has 84 valence electrons. The number of carbonyl (C=O) groups is 2. The smallest absolute Gasteiger partial charge is 0.320 e. The van der Waals surface area contributed by atoms with Crippen molar-refractivity contribution in [1.82, 2.24) is 5.32 Å². The first kappa shape index (κ1) is 13.4. The third kappa shape index (κ3) is 5.65. The number of nitriles is 1. The van der Waals surface area contributed by atoms with Crippen LogP contribution < -0.4 is 11.1 Å². The molecule has 6 nitrogen and oxygen atoms in total. The summed E-state index contributed by atoms with van der Waals surface area (Å²) in [5, 5.41) is 19.5. The SMILES string of the molecule is CCC(C#N)NC(=O)CCC(N)C(=O)O. The molecule has 0 saturated heterocycles. The fourth-order valence-corrected chi connectivity index (χ4v) is 0.902. The maximum atomic E-state index is 11.2. The van der Waals surface area contributed by atoms with Gasteiger partial charge in [0.15, 0.2) is 0 Å². The summed E-state index contributed by atoms with van der Waals surface area (Å²) in [6.07, 6.45) is 0.613. The van der Waals surface area contributed by atoms with E-state index >= 15 is 0 Å². The van der Waals surface area contributed by atoms with E-state index in [0.717, 1.165) is 0 Å². The van der Waals surface area contributed by atoms with Gasteiger partial charge in [-0.3, -0.25) is 9.59 Å². The molecule has 1 amide bonds. The number of amides is 1. The van der Waals surface area contributed by atoms with Gasteiger partial charge < -0.3 is 16.2 Å². The molecule has 0 spiro atoms. The Bertz CT molecular complexity index is 272. The molecule has 0 aromatic rings. The maximum Gasteiger partial charge on any atom is 0.320 e. The van der Waals surface area contributed by atoms with Crippen LogP contribution in [0.3, 0.4) is 0 Å². The Hall–Kier alpha value is -1.61. The van der Waals surface area contributed by atoms with Gasteiger partial charge in [0.25, 0.3) is 0 Å². The van der Waals surface area contributed by atoms with Crippen molar-refractivity contribution >= 4 is 11.9 Å². The normalized spacial score (nSPS) is 13.7. The minimum atomic E-state index is -1.13. The number of carbonyl (C=O) groups excluding carboxylic acids is 1. The summed E-state index contributed by atoms with van der Waals surface area (Å²) in [7, 11) is 0. The molecule has 4 N–H and O–H groups in total. The molecule has 0 fully saturated rings. The largest absolute Gasteiger partial charge is 0.480 e. The highest BCUT2D eigenvalue weighted by Crippen LogP contribution is 1.96. The van der Waals surface area contributed by atoms with Crippen LogP contribution in [0.25, 0.3) is 0 Å². The summed E-state index contributed by atoms with van der Waals surface area (Å²) in [6, 6.07) is 0.369. The van der Waals surface area contributed by atoms with Gasteiger partial charge in [-0.2, -0.15) is 5.26 Å². The minimum Gasteiger partial charge on any atom is -0.480 e. The number of aliphatic carboxylic acids is 1. The summed E-state index contributed by atoms with van der Waals surface area (Å²) >= 11 is 0. The van der Waals surface area contributed by atoms with Gasteiger partial charge >= 0.3 is 5.97 Å². The number of hydrogen-bond donors (Lipinski definition) is 3. The molecule has 2 unspecified atom stereocenters. The summed E-state index contributed by atoms with van der Waals surface area (Å²) in [6.45, 7) is 1.77. The van der Waals surface area contributed by atoms with Gasteiger partial charge in [-0.05, 0) is 12.8 Å². The molecular weight excluding hydrogens is 198 g/mol. The predicted octanol–water partition coefficient (Wildman–Crippen LogP) is -0.403. The first-order valence-corrected chi connectivity index (χ1v) is 4.68. The van der Waals surface area contributed by atoms with E-state index in [1.807, 2.05) is 6.07 Å². The van der Waals surface area contributed by atoms with Gasteiger partial charge in [-0.25, -0.2) is 0 Å². The third-order valence-corrected chi connectivity index (χ3v) is 1.90. The number of rotatable bonds is 6. The highest BCUT2D eigenvalue weighted by atomic mass is 16.4. The van der Waals surface area contributed by atoms with Crippen LogP contribution >= 0.6 is 0 Å². The number of nitrogens with zero attached hydrogens (tertiary/aromatic N) is 1. The van der Waals surface area contributed by atoms with Crippen LogP contribution in [0.5, 0.6) is 0 Å². The summed E-state index contributed by atoms with van der Waals surface area (Å²) < 4.78 is 0. The molecule has 2 atom stereocenters. The Morgan fingerprint density at radius 1 is 1.60 bits per heavy atom. The summed E-state index contributed by atoms with van der Waals surface area (Å²) in [5.74, 6) is -1.48. The maximum absolute atomic E-state index is 11.2. The zero-order valence-electron chi connectivity index (χ0n) is 8.56. The molecule has 0 radical (unpaired) electrons. The molecule has 0 heterocycles. The van der Waals surface area contributed by atoms with Gasteiger partial charge in [0.05, 0.1) is 6.07 Å². The number of carboxylic acids is 1. The minimum absolute atomic E-state index is 0.0195. The summed E-state index contributed by atoms with van der Waals surface area (Å²) in [4.78, 5) is 21.5.